The minimum atomic E-state index is -3.70. The van der Waals surface area contributed by atoms with E-state index in [2.05, 4.69) is 9.71 Å². The molecule has 1 atom stereocenters. The zero-order valence-corrected chi connectivity index (χ0v) is 16.4. The summed E-state index contributed by atoms with van der Waals surface area (Å²) in [5, 5.41) is 0. The summed E-state index contributed by atoms with van der Waals surface area (Å²) in [6.45, 7) is 1.98. The number of sulfonamides is 1. The molecule has 1 aromatic carbocycles. The number of benzene rings is 1. The van der Waals surface area contributed by atoms with Crippen molar-refractivity contribution < 1.29 is 17.6 Å². The first-order chi connectivity index (χ1) is 13.4. The van der Waals surface area contributed by atoms with E-state index >= 15 is 0 Å². The summed E-state index contributed by atoms with van der Waals surface area (Å²) >= 11 is 0. The van der Waals surface area contributed by atoms with E-state index in [1.54, 1.807) is 36.5 Å². The Hall–Kier alpha value is -2.97. The zero-order valence-electron chi connectivity index (χ0n) is 15.6. The molecule has 0 aliphatic heterocycles. The summed E-state index contributed by atoms with van der Waals surface area (Å²) in [5.74, 6) is 0.318. The Bertz CT molecular complexity index is 1020. The number of rotatable bonds is 7. The molecule has 0 spiro atoms. The third kappa shape index (κ3) is 4.47. The summed E-state index contributed by atoms with van der Waals surface area (Å²) in [4.78, 5) is 18.4. The first-order valence-electron chi connectivity index (χ1n) is 8.67. The Labute approximate surface area is 164 Å². The lowest BCUT2D eigenvalue weighted by Gasteiger charge is -2.25. The van der Waals surface area contributed by atoms with Crippen LogP contribution >= 0.6 is 0 Å². The van der Waals surface area contributed by atoms with Gasteiger partial charge in [-0.2, -0.15) is 0 Å². The number of pyridine rings is 1. The third-order valence-electron chi connectivity index (χ3n) is 4.52. The van der Waals surface area contributed by atoms with Crippen molar-refractivity contribution in [3.63, 3.8) is 0 Å². The zero-order chi connectivity index (χ0) is 20.1. The van der Waals surface area contributed by atoms with Crippen LogP contribution in [0.25, 0.3) is 0 Å². The number of nitrogens with one attached hydrogen (secondary N) is 1. The largest absolute Gasteiger partial charge is 0.468 e. The quantitative estimate of drug-likeness (QED) is 0.659. The average Bonchev–Trinajstić information content (AvgIpc) is 3.25. The highest BCUT2D eigenvalue weighted by Gasteiger charge is 2.20. The summed E-state index contributed by atoms with van der Waals surface area (Å²) in [6.07, 6.45) is 4.84. The van der Waals surface area contributed by atoms with Gasteiger partial charge >= 0.3 is 0 Å². The van der Waals surface area contributed by atoms with Crippen LogP contribution in [0.5, 0.6) is 0 Å². The van der Waals surface area contributed by atoms with E-state index in [0.29, 0.717) is 11.3 Å². The van der Waals surface area contributed by atoms with Crippen molar-refractivity contribution in [1.29, 1.82) is 0 Å². The van der Waals surface area contributed by atoms with Crippen molar-refractivity contribution in [2.75, 3.05) is 7.05 Å². The molecule has 0 radical (unpaired) electrons. The second-order valence-electron chi connectivity index (χ2n) is 6.30. The molecule has 2 aromatic heterocycles. The van der Waals surface area contributed by atoms with Gasteiger partial charge in [-0.3, -0.25) is 9.78 Å². The van der Waals surface area contributed by atoms with Crippen LogP contribution in [-0.2, 0) is 16.6 Å². The first-order valence-corrected chi connectivity index (χ1v) is 10.2. The molecule has 0 aliphatic carbocycles. The summed E-state index contributed by atoms with van der Waals surface area (Å²) in [7, 11) is -1.99. The SMILES string of the molecule is CC(c1ccncc1)N(C)C(=O)c1ccc(S(=O)(=O)NCc2ccco2)cc1. The molecule has 7 nitrogen and oxygen atoms in total. The number of carbonyl (C=O) groups is 1. The van der Waals surface area contributed by atoms with Crippen molar-refractivity contribution in [3.05, 3.63) is 84.1 Å². The van der Waals surface area contributed by atoms with E-state index < -0.39 is 10.0 Å². The molecule has 3 aromatic rings. The molecular weight excluding hydrogens is 378 g/mol. The van der Waals surface area contributed by atoms with E-state index in [1.807, 2.05) is 19.1 Å². The van der Waals surface area contributed by atoms with Crippen LogP contribution in [-0.4, -0.2) is 31.3 Å². The van der Waals surface area contributed by atoms with E-state index in [9.17, 15) is 13.2 Å². The Morgan fingerprint density at radius 3 is 2.43 bits per heavy atom. The van der Waals surface area contributed by atoms with Gasteiger partial charge in [0.1, 0.15) is 5.76 Å². The second kappa shape index (κ2) is 8.37. The number of hydrogen-bond donors (Lipinski definition) is 1. The molecule has 0 fully saturated rings. The highest BCUT2D eigenvalue weighted by atomic mass is 32.2. The Morgan fingerprint density at radius 1 is 1.14 bits per heavy atom. The van der Waals surface area contributed by atoms with Crippen molar-refractivity contribution in [3.8, 4) is 0 Å². The molecule has 1 amide bonds. The molecular formula is C20H21N3O4S. The number of amides is 1. The average molecular weight is 399 g/mol. The van der Waals surface area contributed by atoms with Gasteiger partial charge < -0.3 is 9.32 Å². The maximum Gasteiger partial charge on any atom is 0.254 e. The molecule has 1 unspecified atom stereocenters. The predicted octanol–water partition coefficient (Wildman–Crippen LogP) is 2.99. The number of aromatic nitrogens is 1. The lowest BCUT2D eigenvalue weighted by atomic mass is 10.1. The van der Waals surface area contributed by atoms with Gasteiger partial charge in [0.25, 0.3) is 5.91 Å². The molecule has 0 aliphatic rings. The minimum Gasteiger partial charge on any atom is -0.468 e. The van der Waals surface area contributed by atoms with Crippen LogP contribution in [0, 0.1) is 0 Å². The van der Waals surface area contributed by atoms with E-state index in [0.717, 1.165) is 5.56 Å². The van der Waals surface area contributed by atoms with Crippen molar-refractivity contribution in [2.24, 2.45) is 0 Å². The van der Waals surface area contributed by atoms with Gasteiger partial charge in [-0.15, -0.1) is 0 Å². The van der Waals surface area contributed by atoms with Gasteiger partial charge in [0.2, 0.25) is 10.0 Å². The van der Waals surface area contributed by atoms with Crippen molar-refractivity contribution >= 4 is 15.9 Å². The summed E-state index contributed by atoms with van der Waals surface area (Å²) in [5.41, 5.74) is 1.38. The molecule has 146 valence electrons. The van der Waals surface area contributed by atoms with Gasteiger partial charge in [-0.1, -0.05) is 0 Å². The van der Waals surface area contributed by atoms with Crippen molar-refractivity contribution in [2.45, 2.75) is 24.4 Å². The summed E-state index contributed by atoms with van der Waals surface area (Å²) < 4.78 is 32.3. The lowest BCUT2D eigenvalue weighted by molar-refractivity contribution is 0.0742. The smallest absolute Gasteiger partial charge is 0.254 e. The van der Waals surface area contributed by atoms with Gasteiger partial charge in [0.15, 0.2) is 0 Å². The van der Waals surface area contributed by atoms with Crippen LogP contribution in [0.15, 0.2) is 76.5 Å². The molecule has 0 bridgehead atoms. The highest BCUT2D eigenvalue weighted by molar-refractivity contribution is 7.89. The van der Waals surface area contributed by atoms with E-state index in [-0.39, 0.29) is 23.4 Å². The Kier molecular flexibility index (Phi) is 5.91. The molecule has 0 saturated carbocycles. The fourth-order valence-corrected chi connectivity index (χ4v) is 3.68. The predicted molar refractivity (Wildman–Crippen MR) is 104 cm³/mol. The topological polar surface area (TPSA) is 92.5 Å². The molecule has 8 heteroatoms. The molecule has 2 heterocycles. The Morgan fingerprint density at radius 2 is 1.82 bits per heavy atom. The normalized spacial score (nSPS) is 12.5. The minimum absolute atomic E-state index is 0.0577. The number of hydrogen-bond acceptors (Lipinski definition) is 5. The van der Waals surface area contributed by atoms with Crippen LogP contribution < -0.4 is 4.72 Å². The maximum absolute atomic E-state index is 12.7. The van der Waals surface area contributed by atoms with Crippen LogP contribution in [0.1, 0.15) is 34.6 Å². The molecule has 1 N–H and O–H groups in total. The second-order valence-corrected chi connectivity index (χ2v) is 8.07. The van der Waals surface area contributed by atoms with Crippen LogP contribution in [0.4, 0.5) is 0 Å². The lowest BCUT2D eigenvalue weighted by Crippen LogP contribution is -2.29. The van der Waals surface area contributed by atoms with Crippen LogP contribution in [0.2, 0.25) is 0 Å². The van der Waals surface area contributed by atoms with E-state index in [4.69, 9.17) is 4.42 Å². The van der Waals surface area contributed by atoms with Gasteiger partial charge in [0, 0.05) is 25.0 Å². The molecule has 28 heavy (non-hydrogen) atoms. The van der Waals surface area contributed by atoms with Gasteiger partial charge in [-0.05, 0) is 61.0 Å². The molecule has 0 saturated heterocycles. The maximum atomic E-state index is 12.7. The highest BCUT2D eigenvalue weighted by Crippen LogP contribution is 2.21. The summed E-state index contributed by atoms with van der Waals surface area (Å²) in [6, 6.07) is 12.8. The third-order valence-corrected chi connectivity index (χ3v) is 5.94. The number of nitrogens with zero attached hydrogens (tertiary/aromatic N) is 2. The standard InChI is InChI=1S/C20H21N3O4S/c1-15(16-9-11-21-12-10-16)23(2)20(24)17-5-7-19(8-6-17)28(25,26)22-14-18-4-3-13-27-18/h3-13,15,22H,14H2,1-2H3. The van der Waals surface area contributed by atoms with Gasteiger partial charge in [-0.25, -0.2) is 13.1 Å². The Balaban J connectivity index is 1.70. The number of carbonyl (C=O) groups excluding carboxylic acids is 1. The fraction of sp³-hybridized carbons (Fsp3) is 0.200. The van der Waals surface area contributed by atoms with Gasteiger partial charge in [0.05, 0.1) is 23.7 Å². The van der Waals surface area contributed by atoms with Crippen molar-refractivity contribution in [1.82, 2.24) is 14.6 Å². The fourth-order valence-electron chi connectivity index (χ4n) is 2.68. The number of furan rings is 1. The molecule has 3 rings (SSSR count). The first kappa shape index (κ1) is 19.8. The van der Waals surface area contributed by atoms with E-state index in [1.165, 1.54) is 30.5 Å². The van der Waals surface area contributed by atoms with Crippen LogP contribution in [0.3, 0.4) is 0 Å². The monoisotopic (exact) mass is 399 g/mol.